The van der Waals surface area contributed by atoms with E-state index in [-0.39, 0.29) is 5.88 Å². The lowest BCUT2D eigenvalue weighted by atomic mass is 10.5. The summed E-state index contributed by atoms with van der Waals surface area (Å²) >= 11 is 5.54. The van der Waals surface area contributed by atoms with E-state index in [0.29, 0.717) is 5.02 Å². The molecule has 1 aromatic heterocycles. The van der Waals surface area contributed by atoms with Gasteiger partial charge in [0, 0.05) is 6.20 Å². The quantitative estimate of drug-likeness (QED) is 0.646. The van der Waals surface area contributed by atoms with Crippen LogP contribution in [0.2, 0.25) is 5.02 Å². The number of halogens is 1. The second-order valence-electron chi connectivity index (χ2n) is 1.48. The molecule has 0 bridgehead atoms. The Bertz CT molecular complexity index is 239. The molecule has 51 valence electrons. The van der Waals surface area contributed by atoms with Gasteiger partial charge in [-0.25, -0.2) is 9.78 Å². The van der Waals surface area contributed by atoms with Gasteiger partial charge in [0.05, 0.1) is 0 Å². The van der Waals surface area contributed by atoms with Crippen LogP contribution in [-0.2, 0) is 4.79 Å². The largest absolute Gasteiger partial charge is 0.424 e. The van der Waals surface area contributed by atoms with Crippen molar-refractivity contribution in [1.82, 2.24) is 4.98 Å². The molecular formula is C6H3ClNO2. The van der Waals surface area contributed by atoms with Gasteiger partial charge in [0.1, 0.15) is 5.02 Å². The molecule has 0 amide bonds. The van der Waals surface area contributed by atoms with E-state index in [2.05, 4.69) is 9.72 Å². The Kier molecular flexibility index (Phi) is 2.23. The number of rotatable bonds is 2. The van der Waals surface area contributed by atoms with Crippen molar-refractivity contribution in [2.75, 3.05) is 0 Å². The van der Waals surface area contributed by atoms with E-state index >= 15 is 0 Å². The van der Waals surface area contributed by atoms with Crippen LogP contribution >= 0.6 is 11.6 Å². The Morgan fingerprint density at radius 1 is 1.70 bits per heavy atom. The van der Waals surface area contributed by atoms with E-state index in [0.717, 1.165) is 0 Å². The number of hydrogen-bond donors (Lipinski definition) is 0. The smallest absolute Gasteiger partial charge is 0.397 e. The van der Waals surface area contributed by atoms with E-state index < -0.39 is 0 Å². The molecule has 0 atom stereocenters. The average molecular weight is 157 g/mol. The van der Waals surface area contributed by atoms with Crippen molar-refractivity contribution in [3.8, 4) is 5.88 Å². The van der Waals surface area contributed by atoms with Gasteiger partial charge >= 0.3 is 6.47 Å². The van der Waals surface area contributed by atoms with E-state index in [1.807, 2.05) is 0 Å². The lowest BCUT2D eigenvalue weighted by Crippen LogP contribution is -1.91. The van der Waals surface area contributed by atoms with Gasteiger partial charge in [0.2, 0.25) is 5.88 Å². The molecule has 0 saturated heterocycles. The molecule has 10 heavy (non-hydrogen) atoms. The second kappa shape index (κ2) is 3.17. The number of hydrogen-bond acceptors (Lipinski definition) is 3. The molecule has 0 N–H and O–H groups in total. The van der Waals surface area contributed by atoms with Gasteiger partial charge < -0.3 is 4.74 Å². The first kappa shape index (κ1) is 7.02. The van der Waals surface area contributed by atoms with Crippen LogP contribution in [-0.4, -0.2) is 11.5 Å². The van der Waals surface area contributed by atoms with Gasteiger partial charge in [0.25, 0.3) is 0 Å². The van der Waals surface area contributed by atoms with Gasteiger partial charge in [-0.05, 0) is 12.1 Å². The Morgan fingerprint density at radius 3 is 3.10 bits per heavy atom. The van der Waals surface area contributed by atoms with Crippen molar-refractivity contribution in [3.05, 3.63) is 23.4 Å². The maximum atomic E-state index is 9.68. The number of ether oxygens (including phenoxy) is 1. The fraction of sp³-hybridized carbons (Fsp3) is 0. The van der Waals surface area contributed by atoms with E-state index in [1.165, 1.54) is 12.7 Å². The molecule has 0 spiro atoms. The first-order chi connectivity index (χ1) is 4.84. The topological polar surface area (TPSA) is 39.2 Å². The van der Waals surface area contributed by atoms with Crippen molar-refractivity contribution in [2.45, 2.75) is 0 Å². The molecule has 1 rings (SSSR count). The van der Waals surface area contributed by atoms with Crippen LogP contribution in [0.25, 0.3) is 0 Å². The molecule has 0 aliphatic rings. The van der Waals surface area contributed by atoms with Crippen LogP contribution in [0.4, 0.5) is 0 Å². The fourth-order valence-corrected chi connectivity index (χ4v) is 0.646. The van der Waals surface area contributed by atoms with Crippen molar-refractivity contribution in [1.29, 1.82) is 0 Å². The Hall–Kier alpha value is -1.09. The summed E-state index contributed by atoms with van der Waals surface area (Å²) in [7, 11) is 0. The molecule has 1 radical (unpaired) electrons. The number of nitrogens with zero attached hydrogens (tertiary/aromatic N) is 1. The maximum absolute atomic E-state index is 9.68. The zero-order chi connectivity index (χ0) is 7.40. The van der Waals surface area contributed by atoms with Crippen LogP contribution in [0.1, 0.15) is 0 Å². The summed E-state index contributed by atoms with van der Waals surface area (Å²) in [4.78, 5) is 13.3. The minimum absolute atomic E-state index is 0.0826. The molecule has 4 heteroatoms. The van der Waals surface area contributed by atoms with Crippen LogP contribution in [0.15, 0.2) is 18.3 Å². The highest BCUT2D eigenvalue weighted by molar-refractivity contribution is 6.31. The molecule has 3 nitrogen and oxygen atoms in total. The zero-order valence-corrected chi connectivity index (χ0v) is 5.63. The molecule has 0 aliphatic carbocycles. The highest BCUT2D eigenvalue weighted by Crippen LogP contribution is 2.18. The molecule has 0 unspecified atom stereocenters. The van der Waals surface area contributed by atoms with E-state index in [4.69, 9.17) is 11.6 Å². The van der Waals surface area contributed by atoms with Gasteiger partial charge in [-0.3, -0.25) is 0 Å². The van der Waals surface area contributed by atoms with E-state index in [1.54, 1.807) is 12.1 Å². The standard InChI is InChI=1S/C6H3ClNO2/c7-5-2-1-3-8-6(5)10-4-9/h1-3H. The summed E-state index contributed by atoms with van der Waals surface area (Å²) in [5.74, 6) is 0.0826. The predicted octanol–water partition coefficient (Wildman–Crippen LogP) is 1.18. The monoisotopic (exact) mass is 156 g/mol. The van der Waals surface area contributed by atoms with Gasteiger partial charge in [-0.2, -0.15) is 0 Å². The highest BCUT2D eigenvalue weighted by Gasteiger charge is 1.99. The number of pyridine rings is 1. The molecule has 0 saturated carbocycles. The molecule has 0 aromatic carbocycles. The molecular weight excluding hydrogens is 154 g/mol. The van der Waals surface area contributed by atoms with Crippen molar-refractivity contribution in [3.63, 3.8) is 0 Å². The van der Waals surface area contributed by atoms with Crippen molar-refractivity contribution >= 4 is 18.1 Å². The third-order valence-electron chi connectivity index (χ3n) is 0.863. The van der Waals surface area contributed by atoms with Crippen molar-refractivity contribution in [2.24, 2.45) is 0 Å². The third-order valence-corrected chi connectivity index (χ3v) is 1.15. The third kappa shape index (κ3) is 1.45. The van der Waals surface area contributed by atoms with E-state index in [9.17, 15) is 4.79 Å². The summed E-state index contributed by atoms with van der Waals surface area (Å²) in [5.41, 5.74) is 0. The van der Waals surface area contributed by atoms with Gasteiger partial charge in [0.15, 0.2) is 0 Å². The second-order valence-corrected chi connectivity index (χ2v) is 1.88. The fourth-order valence-electron chi connectivity index (χ4n) is 0.486. The Morgan fingerprint density at radius 2 is 2.50 bits per heavy atom. The minimum Gasteiger partial charge on any atom is -0.397 e. The highest BCUT2D eigenvalue weighted by atomic mass is 35.5. The Labute approximate surface area is 62.6 Å². The first-order valence-electron chi connectivity index (χ1n) is 2.49. The van der Waals surface area contributed by atoms with Crippen LogP contribution in [0.3, 0.4) is 0 Å². The maximum Gasteiger partial charge on any atom is 0.424 e. The summed E-state index contributed by atoms with van der Waals surface area (Å²) in [6, 6.07) is 3.21. The molecule has 1 aromatic rings. The zero-order valence-electron chi connectivity index (χ0n) is 4.87. The first-order valence-corrected chi connectivity index (χ1v) is 2.87. The normalized spacial score (nSPS) is 8.90. The minimum atomic E-state index is 0.0826. The molecule has 0 aliphatic heterocycles. The van der Waals surface area contributed by atoms with Gasteiger partial charge in [-0.1, -0.05) is 11.6 Å². The molecule has 0 fully saturated rings. The summed E-state index contributed by atoms with van der Waals surface area (Å²) in [6.07, 6.45) is 1.47. The van der Waals surface area contributed by atoms with Crippen LogP contribution in [0.5, 0.6) is 5.88 Å². The molecule has 1 heterocycles. The Balaban J connectivity index is 2.91. The summed E-state index contributed by atoms with van der Waals surface area (Å²) in [6.45, 7) is 1.23. The number of aromatic nitrogens is 1. The number of carbonyl (C=O) groups excluding carboxylic acids is 1. The van der Waals surface area contributed by atoms with Crippen LogP contribution in [0, 0.1) is 0 Å². The SMILES string of the molecule is O=[C]Oc1ncccc1Cl. The van der Waals surface area contributed by atoms with Crippen LogP contribution < -0.4 is 4.74 Å². The predicted molar refractivity (Wildman–Crippen MR) is 35.6 cm³/mol. The summed E-state index contributed by atoms with van der Waals surface area (Å²) < 4.78 is 4.29. The van der Waals surface area contributed by atoms with Gasteiger partial charge in [-0.15, -0.1) is 0 Å². The average Bonchev–Trinajstić information content (AvgIpc) is 1.94. The van der Waals surface area contributed by atoms with Crippen molar-refractivity contribution < 1.29 is 9.53 Å². The summed E-state index contributed by atoms with van der Waals surface area (Å²) in [5, 5.41) is 0.297. The lowest BCUT2D eigenvalue weighted by Gasteiger charge is -1.94. The lowest BCUT2D eigenvalue weighted by molar-refractivity contribution is 0.433.